The Balaban J connectivity index is 1.54. The molecule has 2 N–H and O–H groups in total. The molecule has 1 fully saturated rings. The number of ether oxygens (including phenoxy) is 2. The molecule has 11 heteroatoms. The van der Waals surface area contributed by atoms with Gasteiger partial charge in [-0.05, 0) is 18.6 Å². The van der Waals surface area contributed by atoms with Crippen molar-refractivity contribution in [2.24, 2.45) is 0 Å². The van der Waals surface area contributed by atoms with Gasteiger partial charge in [-0.2, -0.15) is 13.2 Å². The van der Waals surface area contributed by atoms with Crippen LogP contribution in [0.5, 0.6) is 5.75 Å². The van der Waals surface area contributed by atoms with Gasteiger partial charge < -0.3 is 19.8 Å². The number of nitrogens with zero attached hydrogens (tertiary/aromatic N) is 3. The maximum absolute atomic E-state index is 13.8. The zero-order valence-electron chi connectivity index (χ0n) is 17.1. The van der Waals surface area contributed by atoms with Gasteiger partial charge in [0.2, 0.25) is 0 Å². The molecule has 5 rings (SSSR count). The Morgan fingerprint density at radius 3 is 2.84 bits per heavy atom. The van der Waals surface area contributed by atoms with E-state index in [0.29, 0.717) is 24.5 Å². The molecule has 0 saturated carbocycles. The van der Waals surface area contributed by atoms with Gasteiger partial charge in [0.1, 0.15) is 41.7 Å². The molecule has 0 spiro atoms. The van der Waals surface area contributed by atoms with Crippen LogP contribution in [-0.2, 0) is 10.9 Å². The average Bonchev–Trinajstić information content (AvgIpc) is 3.41. The minimum absolute atomic E-state index is 0.0818. The minimum atomic E-state index is -4.53. The smallest absolute Gasteiger partial charge is 0.431 e. The van der Waals surface area contributed by atoms with Crippen molar-refractivity contribution in [3.63, 3.8) is 0 Å². The van der Waals surface area contributed by atoms with Crippen LogP contribution in [0.3, 0.4) is 0 Å². The van der Waals surface area contributed by atoms with Crippen LogP contribution in [0.4, 0.5) is 23.4 Å². The van der Waals surface area contributed by atoms with Gasteiger partial charge in [-0.1, -0.05) is 6.07 Å². The molecule has 1 saturated heterocycles. The molecule has 2 aliphatic rings. The van der Waals surface area contributed by atoms with Crippen molar-refractivity contribution in [3.05, 3.63) is 47.7 Å². The molecule has 0 bridgehead atoms. The second kappa shape index (κ2) is 7.89. The van der Waals surface area contributed by atoms with Gasteiger partial charge in [0.25, 0.3) is 0 Å². The van der Waals surface area contributed by atoms with E-state index in [4.69, 9.17) is 9.47 Å². The van der Waals surface area contributed by atoms with Crippen LogP contribution in [-0.4, -0.2) is 58.8 Å². The van der Waals surface area contributed by atoms with Gasteiger partial charge in [0.15, 0.2) is 0 Å². The highest BCUT2D eigenvalue weighted by Crippen LogP contribution is 2.39. The summed E-state index contributed by atoms with van der Waals surface area (Å²) in [6, 6.07) is 4.74. The van der Waals surface area contributed by atoms with Crippen LogP contribution in [0.2, 0.25) is 0 Å². The maximum Gasteiger partial charge on any atom is 0.431 e. The number of H-pyrrole nitrogens is 1. The number of aromatic nitrogens is 3. The summed E-state index contributed by atoms with van der Waals surface area (Å²) in [7, 11) is 1.67. The summed E-state index contributed by atoms with van der Waals surface area (Å²) in [5.41, 5.74) is -0.107. The van der Waals surface area contributed by atoms with Crippen molar-refractivity contribution in [1.82, 2.24) is 19.9 Å². The summed E-state index contributed by atoms with van der Waals surface area (Å²) >= 11 is 0. The summed E-state index contributed by atoms with van der Waals surface area (Å²) in [4.78, 5) is 12.7. The fourth-order valence-electron chi connectivity index (χ4n) is 4.46. The third kappa shape index (κ3) is 3.75. The van der Waals surface area contributed by atoms with Crippen LogP contribution in [0.15, 0.2) is 30.6 Å². The highest BCUT2D eigenvalue weighted by Gasteiger charge is 2.39. The predicted octanol–water partition coefficient (Wildman–Crippen LogP) is 3.75. The molecule has 1 unspecified atom stereocenters. The van der Waals surface area contributed by atoms with E-state index < -0.39 is 23.7 Å². The minimum Gasteiger partial charge on any atom is -0.491 e. The Morgan fingerprint density at radius 2 is 2.09 bits per heavy atom. The van der Waals surface area contributed by atoms with Crippen molar-refractivity contribution < 1.29 is 27.0 Å². The number of hydrogen-bond acceptors (Lipinski definition) is 6. The highest BCUT2D eigenvalue weighted by atomic mass is 19.4. The van der Waals surface area contributed by atoms with Gasteiger partial charge in [0.05, 0.1) is 23.6 Å². The topological polar surface area (TPSA) is 75.3 Å². The lowest BCUT2D eigenvalue weighted by Crippen LogP contribution is -2.47. The number of likely N-dealkylation sites (tertiary alicyclic amines) is 1. The van der Waals surface area contributed by atoms with Gasteiger partial charge in [-0.15, -0.1) is 0 Å². The van der Waals surface area contributed by atoms with Gasteiger partial charge in [-0.3, -0.25) is 4.90 Å². The van der Waals surface area contributed by atoms with E-state index in [1.54, 1.807) is 13.2 Å². The van der Waals surface area contributed by atoms with E-state index in [1.165, 1.54) is 18.5 Å². The molecule has 7 nitrogen and oxygen atoms in total. The highest BCUT2D eigenvalue weighted by molar-refractivity contribution is 5.88. The van der Waals surface area contributed by atoms with Crippen LogP contribution < -0.4 is 10.1 Å². The molecule has 1 aromatic carbocycles. The number of anilines is 1. The summed E-state index contributed by atoms with van der Waals surface area (Å²) in [5, 5.41) is 3.53. The zero-order valence-corrected chi connectivity index (χ0v) is 17.1. The van der Waals surface area contributed by atoms with E-state index in [9.17, 15) is 17.6 Å². The largest absolute Gasteiger partial charge is 0.491 e. The third-order valence-corrected chi connectivity index (χ3v) is 6.11. The Kier molecular flexibility index (Phi) is 5.17. The fraction of sp³-hybridized carbons (Fsp3) is 0.429. The summed E-state index contributed by atoms with van der Waals surface area (Å²) < 4.78 is 64.8. The number of halogens is 4. The summed E-state index contributed by atoms with van der Waals surface area (Å²) in [5.74, 6) is 0.236. The second-order valence-corrected chi connectivity index (χ2v) is 7.99. The molecule has 170 valence electrons. The lowest BCUT2D eigenvalue weighted by atomic mass is 9.95. The van der Waals surface area contributed by atoms with Crippen molar-refractivity contribution in [2.75, 3.05) is 32.1 Å². The first-order valence-electron chi connectivity index (χ1n) is 10.2. The average molecular weight is 451 g/mol. The van der Waals surface area contributed by atoms with Crippen LogP contribution >= 0.6 is 0 Å². The molecule has 3 aromatic rings. The molecule has 2 aromatic heterocycles. The van der Waals surface area contributed by atoms with E-state index in [0.717, 1.165) is 19.0 Å². The molecule has 32 heavy (non-hydrogen) atoms. The Labute approximate surface area is 180 Å². The molecular weight excluding hydrogens is 430 g/mol. The molecular formula is C21H21F4N5O2. The van der Waals surface area contributed by atoms with Gasteiger partial charge >= 0.3 is 6.18 Å². The lowest BCUT2D eigenvalue weighted by Gasteiger charge is -2.39. The first-order chi connectivity index (χ1) is 15.3. The monoisotopic (exact) mass is 451 g/mol. The Morgan fingerprint density at radius 1 is 1.25 bits per heavy atom. The number of aromatic amines is 1. The van der Waals surface area contributed by atoms with E-state index in [1.807, 2.05) is 0 Å². The molecule has 4 heterocycles. The number of alkyl halides is 3. The number of fused-ring (bicyclic) bond motifs is 2. The van der Waals surface area contributed by atoms with Crippen molar-refractivity contribution >= 4 is 16.9 Å². The molecule has 0 aliphatic carbocycles. The first kappa shape index (κ1) is 21.0. The third-order valence-electron chi connectivity index (χ3n) is 6.11. The number of nitrogens with one attached hydrogen (secondary N) is 2. The van der Waals surface area contributed by atoms with Crippen molar-refractivity contribution in [3.8, 4) is 5.75 Å². The quantitative estimate of drug-likeness (QED) is 0.589. The van der Waals surface area contributed by atoms with Crippen LogP contribution in [0, 0.1) is 5.82 Å². The maximum atomic E-state index is 13.8. The van der Waals surface area contributed by atoms with E-state index >= 15 is 0 Å². The molecule has 0 radical (unpaired) electrons. The van der Waals surface area contributed by atoms with Crippen LogP contribution in [0.25, 0.3) is 11.0 Å². The lowest BCUT2D eigenvalue weighted by molar-refractivity contribution is -0.140. The number of rotatable bonds is 4. The van der Waals surface area contributed by atoms with E-state index in [-0.39, 0.29) is 29.0 Å². The zero-order chi connectivity index (χ0) is 22.5. The molecule has 0 amide bonds. The standard InChI is InChI=1S/C21H21F4N5O2/c1-31-12-4-5-30(8-12)15-9-32-16-6-11(22)2-3-13(16)18(15)29-20-14-7-17(21(23,24)25)28-19(14)26-10-27-20/h2-3,6-7,10,12,15,18H,4-5,8-9H2,1H3,(H2,26,27,28,29)/t12-,15?,18+/m1/s1. The summed E-state index contributed by atoms with van der Waals surface area (Å²) in [6.07, 6.45) is -2.37. The normalized spacial score (nSPS) is 23.8. The SMILES string of the molecule is CO[C@@H]1CCN(C2COc3cc(F)ccc3[C@@H]2Nc2ncnc3[nH]c(C(F)(F)F)cc23)C1. The summed E-state index contributed by atoms with van der Waals surface area (Å²) in [6.45, 7) is 1.77. The van der Waals surface area contributed by atoms with Gasteiger partial charge in [-0.25, -0.2) is 14.4 Å². The van der Waals surface area contributed by atoms with Crippen LogP contribution in [0.1, 0.15) is 23.7 Å². The fourth-order valence-corrected chi connectivity index (χ4v) is 4.46. The molecule has 3 atom stereocenters. The van der Waals surface area contributed by atoms with E-state index in [2.05, 4.69) is 25.2 Å². The van der Waals surface area contributed by atoms with Crippen molar-refractivity contribution in [2.45, 2.75) is 30.8 Å². The van der Waals surface area contributed by atoms with Gasteiger partial charge in [0, 0.05) is 31.8 Å². The predicted molar refractivity (Wildman–Crippen MR) is 108 cm³/mol. The number of methoxy groups -OCH3 is 1. The first-order valence-corrected chi connectivity index (χ1v) is 10.2. The second-order valence-electron chi connectivity index (χ2n) is 7.99. The molecule has 2 aliphatic heterocycles. The van der Waals surface area contributed by atoms with Crippen molar-refractivity contribution in [1.29, 1.82) is 0 Å². The number of hydrogen-bond donors (Lipinski definition) is 2. The number of benzene rings is 1. The Bertz CT molecular complexity index is 1140. The Hall–Kier alpha value is -2.92.